The van der Waals surface area contributed by atoms with Crippen LogP contribution in [0.2, 0.25) is 26.2 Å². The summed E-state index contributed by atoms with van der Waals surface area (Å²) in [5.74, 6) is 1.27. The quantitative estimate of drug-likeness (QED) is 0.278. The maximum absolute atomic E-state index is 14.4. The van der Waals surface area contributed by atoms with Gasteiger partial charge in [-0.15, -0.1) is 5.69 Å². The third-order valence-corrected chi connectivity index (χ3v) is 23.1. The van der Waals surface area contributed by atoms with Crippen LogP contribution in [-0.4, -0.2) is 15.3 Å². The van der Waals surface area contributed by atoms with E-state index in [0.29, 0.717) is 11.8 Å². The van der Waals surface area contributed by atoms with Crippen LogP contribution in [-0.2, 0) is 17.0 Å². The predicted molar refractivity (Wildman–Crippen MR) is 135 cm³/mol. The summed E-state index contributed by atoms with van der Waals surface area (Å²) in [7, 11) is 6.14. The Morgan fingerprint density at radius 1 is 0.967 bits per heavy atom. The molecule has 3 unspecified atom stereocenters. The van der Waals surface area contributed by atoms with Crippen molar-refractivity contribution in [3.63, 3.8) is 0 Å². The topological polar surface area (TPSA) is 14.1 Å². The summed E-state index contributed by atoms with van der Waals surface area (Å²) in [6.07, 6.45) is 6.06. The zero-order valence-corrected chi connectivity index (χ0v) is 24.7. The van der Waals surface area contributed by atoms with E-state index < -0.39 is 32.4 Å². The molecule has 7 heteroatoms. The molecule has 3 rings (SSSR count). The zero-order valence-electron chi connectivity index (χ0n) is 19.6. The van der Waals surface area contributed by atoms with Crippen LogP contribution in [0, 0.1) is 39.0 Å². The summed E-state index contributed by atoms with van der Waals surface area (Å²) in [5.41, 5.74) is 3.69. The van der Waals surface area contributed by atoms with Crippen molar-refractivity contribution >= 4 is 39.6 Å². The van der Waals surface area contributed by atoms with Crippen molar-refractivity contribution in [2.24, 2.45) is 17.8 Å². The zero-order chi connectivity index (χ0) is 22.0. The first-order valence-electron chi connectivity index (χ1n) is 10.3. The SMILES string of the molecule is Cc1cc(C)cc([N-][Si](C)(C)[Si](C)(C)C2=CC=C(F)C3CC(C)CC23)c1.[CH3-].[Cl][Ti][Cl]. The van der Waals surface area contributed by atoms with Crippen molar-refractivity contribution in [3.05, 3.63) is 64.9 Å². The van der Waals surface area contributed by atoms with Gasteiger partial charge in [0.25, 0.3) is 0 Å². The van der Waals surface area contributed by atoms with Crippen LogP contribution >= 0.6 is 18.6 Å². The normalized spacial score (nSPS) is 23.2. The number of nitrogens with zero attached hydrogens (tertiary/aromatic N) is 1. The molecule has 1 aromatic rings. The molecule has 2 aliphatic carbocycles. The average Bonchev–Trinajstić information content (AvgIpc) is 2.96. The van der Waals surface area contributed by atoms with Gasteiger partial charge in [-0.1, -0.05) is 73.7 Å². The first-order chi connectivity index (χ1) is 13.4. The van der Waals surface area contributed by atoms with Crippen molar-refractivity contribution < 1.29 is 21.4 Å². The van der Waals surface area contributed by atoms with Gasteiger partial charge in [-0.3, -0.25) is 0 Å². The van der Waals surface area contributed by atoms with E-state index >= 15 is 0 Å². The second kappa shape index (κ2) is 11.3. The van der Waals surface area contributed by atoms with Crippen LogP contribution in [0.1, 0.15) is 30.9 Å². The molecule has 3 atom stereocenters. The van der Waals surface area contributed by atoms with Crippen molar-refractivity contribution in [1.82, 2.24) is 0 Å². The minimum atomic E-state index is -1.87. The Balaban J connectivity index is 0.00000106. The van der Waals surface area contributed by atoms with Gasteiger partial charge in [-0.2, -0.15) is 0 Å². The second-order valence-electron chi connectivity index (χ2n) is 9.68. The van der Waals surface area contributed by atoms with E-state index in [-0.39, 0.29) is 19.2 Å². The molecule has 168 valence electrons. The number of rotatable bonds is 4. The molecular formula is C23H36Cl2FNSi2Ti-2. The van der Waals surface area contributed by atoms with E-state index in [4.69, 9.17) is 23.6 Å². The van der Waals surface area contributed by atoms with Crippen molar-refractivity contribution in [3.8, 4) is 0 Å². The van der Waals surface area contributed by atoms with Gasteiger partial charge in [0.1, 0.15) is 5.83 Å². The summed E-state index contributed by atoms with van der Waals surface area (Å²) in [5, 5.41) is 1.57. The van der Waals surface area contributed by atoms with Crippen LogP contribution in [0.15, 0.2) is 41.4 Å². The molecule has 0 saturated heterocycles. The van der Waals surface area contributed by atoms with Gasteiger partial charge in [0.15, 0.2) is 0 Å². The van der Waals surface area contributed by atoms with Crippen LogP contribution in [0.4, 0.5) is 10.1 Å². The summed E-state index contributed by atoms with van der Waals surface area (Å²) >= 11 is -0.556. The monoisotopic (exact) mass is 519 g/mol. The molecule has 1 fully saturated rings. The van der Waals surface area contributed by atoms with Crippen molar-refractivity contribution in [2.45, 2.75) is 59.8 Å². The Morgan fingerprint density at radius 2 is 1.47 bits per heavy atom. The summed E-state index contributed by atoms with van der Waals surface area (Å²) in [4.78, 5) is 5.36. The molecule has 30 heavy (non-hydrogen) atoms. The molecule has 2 aliphatic rings. The Morgan fingerprint density at radius 3 is 2.00 bits per heavy atom. The number of allylic oxidation sites excluding steroid dienone is 4. The number of hydrogen-bond donors (Lipinski definition) is 0. The van der Waals surface area contributed by atoms with Crippen LogP contribution < -0.4 is 0 Å². The Labute approximate surface area is 202 Å². The molecular weight excluding hydrogens is 484 g/mol. The maximum atomic E-state index is 14.4. The van der Waals surface area contributed by atoms with E-state index in [1.54, 1.807) is 11.3 Å². The van der Waals surface area contributed by atoms with Gasteiger partial charge in [-0.05, 0) is 52.4 Å². The van der Waals surface area contributed by atoms with Crippen molar-refractivity contribution in [1.29, 1.82) is 0 Å². The van der Waals surface area contributed by atoms with Crippen LogP contribution in [0.5, 0.6) is 0 Å². The number of halogens is 3. The number of aryl methyl sites for hydroxylation is 2. The fourth-order valence-electron chi connectivity index (χ4n) is 4.86. The standard InChI is InChI=1S/C22H33FNSi2.CH3.2ClH.Ti/c1-15-10-16(2)12-18(11-15)24-26(6,7)25(4,5)22-9-8-21(23)19-13-17(3)14-20(19)22;;;;/h8-12,17,19-20H,13-14H2,1-7H3;1H3;2*1H;/q2*-1;;;+2/p-2. The minimum absolute atomic E-state index is 0. The molecule has 0 aromatic heterocycles. The first-order valence-corrected chi connectivity index (χ1v) is 21.5. The number of hydrogen-bond acceptors (Lipinski definition) is 0. The molecule has 0 aliphatic heterocycles. The first kappa shape index (κ1) is 28.2. The molecule has 1 saturated carbocycles. The van der Waals surface area contributed by atoms with Gasteiger partial charge >= 0.3 is 35.6 Å². The molecule has 0 bridgehead atoms. The summed E-state index contributed by atoms with van der Waals surface area (Å²) in [6, 6.07) is 6.63. The number of fused-ring (bicyclic) bond motifs is 1. The molecule has 1 aromatic carbocycles. The van der Waals surface area contributed by atoms with E-state index in [1.165, 1.54) is 11.1 Å². The fourth-order valence-corrected chi connectivity index (χ4v) is 12.5. The molecule has 1 nitrogen and oxygen atoms in total. The van der Waals surface area contributed by atoms with E-state index in [0.717, 1.165) is 18.5 Å². The van der Waals surface area contributed by atoms with E-state index in [1.807, 2.05) is 0 Å². The van der Waals surface area contributed by atoms with Crippen LogP contribution in [0.25, 0.3) is 4.98 Å². The van der Waals surface area contributed by atoms with Crippen molar-refractivity contribution in [2.75, 3.05) is 0 Å². The molecule has 0 heterocycles. The summed E-state index contributed by atoms with van der Waals surface area (Å²) in [6.45, 7) is 16.4. The summed E-state index contributed by atoms with van der Waals surface area (Å²) < 4.78 is 14.4. The van der Waals surface area contributed by atoms with E-state index in [9.17, 15) is 4.39 Å². The molecule has 0 amide bonds. The second-order valence-corrected chi connectivity index (χ2v) is 26.8. The van der Waals surface area contributed by atoms with Crippen LogP contribution in [0.3, 0.4) is 0 Å². The van der Waals surface area contributed by atoms with E-state index in [2.05, 4.69) is 71.2 Å². The molecule has 0 N–H and O–H groups in total. The molecule has 0 spiro atoms. The third-order valence-electron chi connectivity index (χ3n) is 6.84. The van der Waals surface area contributed by atoms with Gasteiger partial charge in [-0.25, -0.2) is 4.39 Å². The predicted octanol–water partition coefficient (Wildman–Crippen LogP) is 9.12. The Hall–Kier alpha value is 0.158. The van der Waals surface area contributed by atoms with Gasteiger partial charge in [0, 0.05) is 5.92 Å². The average molecular weight is 520 g/mol. The van der Waals surface area contributed by atoms with Gasteiger partial charge in [0.05, 0.1) is 7.59 Å². The van der Waals surface area contributed by atoms with Gasteiger partial charge < -0.3 is 12.4 Å². The Bertz CT molecular complexity index is 775. The number of benzene rings is 1. The Kier molecular flexibility index (Phi) is 10.7. The third kappa shape index (κ3) is 6.36. The molecule has 0 radical (unpaired) electrons. The van der Waals surface area contributed by atoms with Gasteiger partial charge in [0.2, 0.25) is 0 Å². The fraction of sp³-hybridized carbons (Fsp3) is 0.522.